The number of amides is 1. The van der Waals surface area contributed by atoms with Crippen molar-refractivity contribution in [2.24, 2.45) is 0 Å². The number of nitrogens with one attached hydrogen (secondary N) is 1. The number of hydrogen-bond donors (Lipinski definition) is 3. The summed E-state index contributed by atoms with van der Waals surface area (Å²) in [6.07, 6.45) is 0. The standard InChI is InChI=1S/C13H11F2N3O/c14-7-1-4-10(15)12(5-7)18-13(19)9-3-2-8(16)6-11(9)17/h1-6H,16-17H2,(H,18,19). The molecule has 0 saturated carbocycles. The lowest BCUT2D eigenvalue weighted by atomic mass is 10.1. The fourth-order valence-electron chi connectivity index (χ4n) is 1.57. The number of hydrogen-bond acceptors (Lipinski definition) is 3. The molecule has 0 atom stereocenters. The van der Waals surface area contributed by atoms with Gasteiger partial charge in [0.15, 0.2) is 0 Å². The average Bonchev–Trinajstić information content (AvgIpc) is 2.33. The fraction of sp³-hybridized carbons (Fsp3) is 0. The molecule has 0 aromatic heterocycles. The van der Waals surface area contributed by atoms with Gasteiger partial charge in [-0.25, -0.2) is 8.78 Å². The van der Waals surface area contributed by atoms with Crippen LogP contribution in [0, 0.1) is 11.6 Å². The highest BCUT2D eigenvalue weighted by molar-refractivity contribution is 6.08. The molecule has 1 amide bonds. The molecule has 6 heteroatoms. The monoisotopic (exact) mass is 263 g/mol. The first-order chi connectivity index (χ1) is 8.97. The van der Waals surface area contributed by atoms with Crippen molar-refractivity contribution in [3.8, 4) is 0 Å². The Bertz CT molecular complexity index is 644. The van der Waals surface area contributed by atoms with E-state index < -0.39 is 17.5 Å². The van der Waals surface area contributed by atoms with Gasteiger partial charge in [-0.15, -0.1) is 0 Å². The first-order valence-corrected chi connectivity index (χ1v) is 5.39. The molecule has 0 spiro atoms. The zero-order valence-corrected chi connectivity index (χ0v) is 9.78. The Hall–Kier alpha value is -2.63. The highest BCUT2D eigenvalue weighted by atomic mass is 19.1. The van der Waals surface area contributed by atoms with Crippen LogP contribution in [0.15, 0.2) is 36.4 Å². The molecule has 98 valence electrons. The molecule has 0 aliphatic heterocycles. The summed E-state index contributed by atoms with van der Waals surface area (Å²) >= 11 is 0. The van der Waals surface area contributed by atoms with E-state index in [-0.39, 0.29) is 16.9 Å². The van der Waals surface area contributed by atoms with Crippen LogP contribution in [0.1, 0.15) is 10.4 Å². The lowest BCUT2D eigenvalue weighted by Crippen LogP contribution is -2.15. The van der Waals surface area contributed by atoms with Crippen LogP contribution in [0.2, 0.25) is 0 Å². The van der Waals surface area contributed by atoms with Crippen LogP contribution in [-0.2, 0) is 0 Å². The van der Waals surface area contributed by atoms with Gasteiger partial charge in [0.25, 0.3) is 5.91 Å². The van der Waals surface area contributed by atoms with Crippen molar-refractivity contribution in [1.29, 1.82) is 0 Å². The highest BCUT2D eigenvalue weighted by Crippen LogP contribution is 2.20. The van der Waals surface area contributed by atoms with Gasteiger partial charge in [0.05, 0.1) is 11.3 Å². The second-order valence-corrected chi connectivity index (χ2v) is 3.92. The average molecular weight is 263 g/mol. The maximum absolute atomic E-state index is 13.4. The van der Waals surface area contributed by atoms with Crippen molar-refractivity contribution in [2.45, 2.75) is 0 Å². The normalized spacial score (nSPS) is 10.2. The number of carbonyl (C=O) groups excluding carboxylic acids is 1. The topological polar surface area (TPSA) is 81.1 Å². The Kier molecular flexibility index (Phi) is 3.33. The van der Waals surface area contributed by atoms with Crippen molar-refractivity contribution in [1.82, 2.24) is 0 Å². The number of rotatable bonds is 2. The number of carbonyl (C=O) groups is 1. The molecule has 2 rings (SSSR count). The van der Waals surface area contributed by atoms with Crippen molar-refractivity contribution in [3.63, 3.8) is 0 Å². The minimum Gasteiger partial charge on any atom is -0.399 e. The summed E-state index contributed by atoms with van der Waals surface area (Å²) in [7, 11) is 0. The molecule has 5 N–H and O–H groups in total. The van der Waals surface area contributed by atoms with Gasteiger partial charge in [-0.05, 0) is 30.3 Å². The zero-order valence-electron chi connectivity index (χ0n) is 9.78. The molecule has 0 aliphatic carbocycles. The van der Waals surface area contributed by atoms with Crippen LogP contribution in [0.4, 0.5) is 25.8 Å². The second-order valence-electron chi connectivity index (χ2n) is 3.92. The molecule has 0 heterocycles. The molecular formula is C13H11F2N3O. The quantitative estimate of drug-likeness (QED) is 0.727. The van der Waals surface area contributed by atoms with Gasteiger partial charge >= 0.3 is 0 Å². The van der Waals surface area contributed by atoms with Gasteiger partial charge in [-0.2, -0.15) is 0 Å². The summed E-state index contributed by atoms with van der Waals surface area (Å²) < 4.78 is 26.4. The summed E-state index contributed by atoms with van der Waals surface area (Å²) in [5.41, 5.74) is 11.6. The lowest BCUT2D eigenvalue weighted by Gasteiger charge is -2.09. The Morgan fingerprint density at radius 2 is 1.79 bits per heavy atom. The molecule has 0 radical (unpaired) electrons. The van der Waals surface area contributed by atoms with Gasteiger partial charge < -0.3 is 16.8 Å². The molecule has 4 nitrogen and oxygen atoms in total. The van der Waals surface area contributed by atoms with Crippen LogP contribution in [0.3, 0.4) is 0 Å². The fourth-order valence-corrected chi connectivity index (χ4v) is 1.57. The van der Waals surface area contributed by atoms with Crippen LogP contribution in [0.5, 0.6) is 0 Å². The highest BCUT2D eigenvalue weighted by Gasteiger charge is 2.12. The maximum atomic E-state index is 13.4. The van der Waals surface area contributed by atoms with E-state index in [0.29, 0.717) is 5.69 Å². The molecule has 0 unspecified atom stereocenters. The van der Waals surface area contributed by atoms with E-state index in [1.807, 2.05) is 0 Å². The van der Waals surface area contributed by atoms with Crippen LogP contribution in [0.25, 0.3) is 0 Å². The number of benzene rings is 2. The molecule has 0 bridgehead atoms. The van der Waals surface area contributed by atoms with E-state index >= 15 is 0 Å². The van der Waals surface area contributed by atoms with Gasteiger partial charge in [0, 0.05) is 17.4 Å². The van der Waals surface area contributed by atoms with E-state index in [1.54, 1.807) is 0 Å². The first kappa shape index (κ1) is 12.8. The first-order valence-electron chi connectivity index (χ1n) is 5.39. The third-order valence-electron chi connectivity index (χ3n) is 2.50. The molecule has 19 heavy (non-hydrogen) atoms. The van der Waals surface area contributed by atoms with E-state index in [0.717, 1.165) is 18.2 Å². The van der Waals surface area contributed by atoms with E-state index in [9.17, 15) is 13.6 Å². The lowest BCUT2D eigenvalue weighted by molar-refractivity contribution is 0.102. The largest absolute Gasteiger partial charge is 0.399 e. The van der Waals surface area contributed by atoms with Crippen molar-refractivity contribution < 1.29 is 13.6 Å². The predicted octanol–water partition coefficient (Wildman–Crippen LogP) is 2.38. The van der Waals surface area contributed by atoms with E-state index in [2.05, 4.69) is 5.32 Å². The third-order valence-corrected chi connectivity index (χ3v) is 2.50. The summed E-state index contributed by atoms with van der Waals surface area (Å²) in [6.45, 7) is 0. The van der Waals surface area contributed by atoms with Crippen molar-refractivity contribution in [3.05, 3.63) is 53.6 Å². The number of halogens is 2. The Balaban J connectivity index is 2.28. The van der Waals surface area contributed by atoms with Gasteiger partial charge in [0.2, 0.25) is 0 Å². The zero-order chi connectivity index (χ0) is 14.0. The van der Waals surface area contributed by atoms with Crippen molar-refractivity contribution >= 4 is 23.0 Å². The van der Waals surface area contributed by atoms with Gasteiger partial charge in [-0.1, -0.05) is 0 Å². The van der Waals surface area contributed by atoms with Crippen LogP contribution < -0.4 is 16.8 Å². The van der Waals surface area contributed by atoms with Crippen molar-refractivity contribution in [2.75, 3.05) is 16.8 Å². The van der Waals surface area contributed by atoms with Crippen LogP contribution in [-0.4, -0.2) is 5.91 Å². The molecule has 2 aromatic carbocycles. The summed E-state index contributed by atoms with van der Waals surface area (Å²) in [5.74, 6) is -2.02. The smallest absolute Gasteiger partial charge is 0.257 e. The number of nitrogens with two attached hydrogens (primary N) is 2. The molecule has 0 saturated heterocycles. The minimum absolute atomic E-state index is 0.137. The molecule has 0 aliphatic rings. The summed E-state index contributed by atoms with van der Waals surface area (Å²) in [5, 5.41) is 2.25. The molecular weight excluding hydrogens is 252 g/mol. The summed E-state index contributed by atoms with van der Waals surface area (Å²) in [4.78, 5) is 11.9. The predicted molar refractivity (Wildman–Crippen MR) is 69.6 cm³/mol. The number of anilines is 3. The van der Waals surface area contributed by atoms with Crippen LogP contribution >= 0.6 is 0 Å². The SMILES string of the molecule is Nc1ccc(C(=O)Nc2cc(F)ccc2F)c(N)c1. The Morgan fingerprint density at radius 3 is 2.47 bits per heavy atom. The van der Waals surface area contributed by atoms with Gasteiger partial charge in [0.1, 0.15) is 11.6 Å². The molecule has 2 aromatic rings. The Labute approximate surface area is 108 Å². The second kappa shape index (κ2) is 4.93. The maximum Gasteiger partial charge on any atom is 0.257 e. The minimum atomic E-state index is -0.733. The number of nitrogen functional groups attached to an aromatic ring is 2. The Morgan fingerprint density at radius 1 is 1.05 bits per heavy atom. The van der Waals surface area contributed by atoms with E-state index in [4.69, 9.17) is 11.5 Å². The van der Waals surface area contributed by atoms with E-state index in [1.165, 1.54) is 18.2 Å². The summed E-state index contributed by atoms with van der Waals surface area (Å²) in [6, 6.07) is 7.10. The molecule has 0 fully saturated rings. The third kappa shape index (κ3) is 2.79. The van der Waals surface area contributed by atoms with Gasteiger partial charge in [-0.3, -0.25) is 4.79 Å².